The number of ether oxygens (including phenoxy) is 1. The van der Waals surface area contributed by atoms with Crippen molar-refractivity contribution in [2.24, 2.45) is 10.5 Å². The molecule has 1 rings (SSSR count). The highest BCUT2D eigenvalue weighted by Crippen LogP contribution is 2.50. The van der Waals surface area contributed by atoms with E-state index in [2.05, 4.69) is 16.4 Å². The fourth-order valence-electron chi connectivity index (χ4n) is 1.93. The molecule has 0 radical (unpaired) electrons. The number of aryl methyl sites for hydroxylation is 1. The highest BCUT2D eigenvalue weighted by atomic mass is 32.4. The van der Waals surface area contributed by atoms with Crippen LogP contribution >= 0.6 is 6.42 Å². The third-order valence-corrected chi connectivity index (χ3v) is 6.28. The summed E-state index contributed by atoms with van der Waals surface area (Å²) in [4.78, 5) is 11.3. The standard InChI is InChI=1S/C16H23N2O3PS/c1-5-13-9-7-8-10-14(13)16(17)18-22(23,6-2)21-12(3)11-15(19)20-4/h7-11H,5-6H2,1-4H3,(H2,17,18,23). The van der Waals surface area contributed by atoms with Gasteiger partial charge in [-0.1, -0.05) is 38.1 Å². The Hall–Kier alpha value is -1.65. The number of amidine groups is 1. The summed E-state index contributed by atoms with van der Waals surface area (Å²) in [6.45, 7) is 5.61. The molecule has 5 nitrogen and oxygen atoms in total. The molecule has 0 aliphatic rings. The van der Waals surface area contributed by atoms with Crippen molar-refractivity contribution in [3.05, 3.63) is 47.2 Å². The first-order chi connectivity index (χ1) is 10.8. The van der Waals surface area contributed by atoms with Gasteiger partial charge in [0.05, 0.1) is 13.2 Å². The summed E-state index contributed by atoms with van der Waals surface area (Å²) >= 11 is 5.55. The van der Waals surface area contributed by atoms with Gasteiger partial charge in [0.25, 0.3) is 0 Å². The predicted molar refractivity (Wildman–Crippen MR) is 98.2 cm³/mol. The van der Waals surface area contributed by atoms with Crippen LogP contribution in [0.4, 0.5) is 0 Å². The molecule has 126 valence electrons. The zero-order chi connectivity index (χ0) is 17.5. The molecule has 7 heteroatoms. The van der Waals surface area contributed by atoms with Crippen LogP contribution < -0.4 is 5.73 Å². The van der Waals surface area contributed by atoms with E-state index in [1.807, 2.05) is 31.2 Å². The second kappa shape index (κ2) is 8.85. The predicted octanol–water partition coefficient (Wildman–Crippen LogP) is 3.38. The number of rotatable bonds is 7. The normalized spacial score (nSPS) is 15.0. The van der Waals surface area contributed by atoms with Gasteiger partial charge in [0.1, 0.15) is 11.6 Å². The van der Waals surface area contributed by atoms with Gasteiger partial charge in [-0.15, -0.1) is 0 Å². The molecule has 0 saturated heterocycles. The number of benzene rings is 1. The van der Waals surface area contributed by atoms with Crippen LogP contribution in [0.15, 0.2) is 40.9 Å². The van der Waals surface area contributed by atoms with Gasteiger partial charge in [-0.2, -0.15) is 4.76 Å². The van der Waals surface area contributed by atoms with E-state index in [9.17, 15) is 4.79 Å². The maximum atomic E-state index is 11.3. The lowest BCUT2D eigenvalue weighted by Crippen LogP contribution is -2.16. The molecule has 0 fully saturated rings. The van der Waals surface area contributed by atoms with Crippen LogP contribution in [0.2, 0.25) is 0 Å². The van der Waals surface area contributed by atoms with Gasteiger partial charge in [0.15, 0.2) is 0 Å². The Kier molecular flexibility index (Phi) is 7.46. The summed E-state index contributed by atoms with van der Waals surface area (Å²) in [5, 5.41) is 0. The van der Waals surface area contributed by atoms with Crippen molar-refractivity contribution in [3.63, 3.8) is 0 Å². The van der Waals surface area contributed by atoms with Crippen molar-refractivity contribution in [2.45, 2.75) is 27.2 Å². The minimum atomic E-state index is -2.55. The zero-order valence-electron chi connectivity index (χ0n) is 13.9. The van der Waals surface area contributed by atoms with Crippen LogP contribution in [0.25, 0.3) is 0 Å². The molecule has 0 bridgehead atoms. The summed E-state index contributed by atoms with van der Waals surface area (Å²) in [6, 6.07) is 7.81. The van der Waals surface area contributed by atoms with E-state index in [4.69, 9.17) is 22.1 Å². The van der Waals surface area contributed by atoms with Crippen molar-refractivity contribution in [3.8, 4) is 0 Å². The molecule has 0 saturated carbocycles. The maximum absolute atomic E-state index is 11.3. The summed E-state index contributed by atoms with van der Waals surface area (Å²) in [7, 11) is 1.31. The fraction of sp³-hybridized carbons (Fsp3) is 0.375. The van der Waals surface area contributed by atoms with E-state index in [0.717, 1.165) is 17.5 Å². The van der Waals surface area contributed by atoms with E-state index >= 15 is 0 Å². The van der Waals surface area contributed by atoms with Crippen molar-refractivity contribution in [1.82, 2.24) is 0 Å². The second-order valence-electron chi connectivity index (χ2n) is 4.82. The van der Waals surface area contributed by atoms with Gasteiger partial charge in [-0.3, -0.25) is 0 Å². The molecule has 1 atom stereocenters. The molecular weight excluding hydrogens is 331 g/mol. The first-order valence-corrected chi connectivity index (χ1v) is 10.2. The zero-order valence-corrected chi connectivity index (χ0v) is 15.6. The summed E-state index contributed by atoms with van der Waals surface area (Å²) in [6.07, 6.45) is 0.0798. The van der Waals surface area contributed by atoms with Gasteiger partial charge in [0.2, 0.25) is 6.42 Å². The molecular formula is C16H23N2O3PS. The lowest BCUT2D eigenvalue weighted by molar-refractivity contribution is -0.135. The Bertz CT molecular complexity index is 671. The first-order valence-electron chi connectivity index (χ1n) is 7.34. The molecule has 0 amide bonds. The second-order valence-corrected chi connectivity index (χ2v) is 8.82. The Morgan fingerprint density at radius 2 is 2.04 bits per heavy atom. The minimum Gasteiger partial charge on any atom is -0.466 e. The molecule has 2 N–H and O–H groups in total. The van der Waals surface area contributed by atoms with Gasteiger partial charge in [0, 0.05) is 11.7 Å². The Labute approximate surface area is 142 Å². The number of carbonyl (C=O) groups excluding carboxylic acids is 1. The highest BCUT2D eigenvalue weighted by molar-refractivity contribution is 8.11. The molecule has 0 spiro atoms. The lowest BCUT2D eigenvalue weighted by atomic mass is 10.1. The van der Waals surface area contributed by atoms with Crippen molar-refractivity contribution >= 4 is 30.0 Å². The molecule has 0 aromatic heterocycles. The summed E-state index contributed by atoms with van der Waals surface area (Å²) in [5.41, 5.74) is 8.13. The summed E-state index contributed by atoms with van der Waals surface area (Å²) < 4.78 is 14.8. The Balaban J connectivity index is 3.11. The van der Waals surface area contributed by atoms with E-state index in [-0.39, 0.29) is 0 Å². The lowest BCUT2D eigenvalue weighted by Gasteiger charge is -2.19. The molecule has 0 aliphatic carbocycles. The topological polar surface area (TPSA) is 73.9 Å². The number of hydrogen-bond acceptors (Lipinski definition) is 4. The first kappa shape index (κ1) is 19.4. The quantitative estimate of drug-likeness (QED) is 0.203. The van der Waals surface area contributed by atoms with E-state index in [0.29, 0.717) is 17.8 Å². The maximum Gasteiger partial charge on any atom is 0.333 e. The van der Waals surface area contributed by atoms with Crippen LogP contribution in [0.1, 0.15) is 31.9 Å². The number of methoxy groups -OCH3 is 1. The third kappa shape index (κ3) is 5.81. The van der Waals surface area contributed by atoms with Crippen LogP contribution in [0.3, 0.4) is 0 Å². The number of hydrogen-bond donors (Lipinski definition) is 1. The SMILES string of the molecule is CCc1ccccc1C(N)=NP(=S)(CC)OC(C)=CC(=O)OC. The monoisotopic (exact) mass is 354 g/mol. The van der Waals surface area contributed by atoms with E-state index < -0.39 is 12.4 Å². The fourth-order valence-corrected chi connectivity index (χ4v) is 3.80. The van der Waals surface area contributed by atoms with Crippen LogP contribution in [-0.2, 0) is 32.3 Å². The third-order valence-electron chi connectivity index (χ3n) is 3.14. The molecule has 1 aromatic rings. The number of nitrogens with two attached hydrogens (primary N) is 1. The van der Waals surface area contributed by atoms with Gasteiger partial charge in [-0.25, -0.2) is 4.79 Å². The molecule has 1 aromatic carbocycles. The van der Waals surface area contributed by atoms with Gasteiger partial charge in [-0.05, 0) is 30.7 Å². The van der Waals surface area contributed by atoms with Gasteiger partial charge < -0.3 is 15.0 Å². The average Bonchev–Trinajstić information content (AvgIpc) is 2.54. The van der Waals surface area contributed by atoms with Crippen LogP contribution in [-0.4, -0.2) is 25.1 Å². The summed E-state index contributed by atoms with van der Waals surface area (Å²) in [5.74, 6) is 0.259. The van der Waals surface area contributed by atoms with Crippen molar-refractivity contribution in [2.75, 3.05) is 13.3 Å². The Morgan fingerprint density at radius 1 is 1.39 bits per heavy atom. The molecule has 0 heterocycles. The number of esters is 1. The van der Waals surface area contributed by atoms with E-state index in [1.54, 1.807) is 6.92 Å². The highest BCUT2D eigenvalue weighted by Gasteiger charge is 2.18. The van der Waals surface area contributed by atoms with Crippen LogP contribution in [0, 0.1) is 0 Å². The largest absolute Gasteiger partial charge is 0.466 e. The number of nitrogens with zero attached hydrogens (tertiary/aromatic N) is 1. The Morgan fingerprint density at radius 3 is 2.61 bits per heavy atom. The number of allylic oxidation sites excluding steroid dienone is 1. The number of carbonyl (C=O) groups is 1. The minimum absolute atomic E-state index is 0.374. The van der Waals surface area contributed by atoms with E-state index in [1.165, 1.54) is 13.2 Å². The van der Waals surface area contributed by atoms with Gasteiger partial charge >= 0.3 is 5.97 Å². The molecule has 23 heavy (non-hydrogen) atoms. The van der Waals surface area contributed by atoms with Crippen molar-refractivity contribution in [1.29, 1.82) is 0 Å². The smallest absolute Gasteiger partial charge is 0.333 e. The molecule has 0 aliphatic heterocycles. The molecule has 1 unspecified atom stereocenters. The average molecular weight is 354 g/mol. The van der Waals surface area contributed by atoms with Crippen LogP contribution in [0.5, 0.6) is 0 Å². The van der Waals surface area contributed by atoms with Crippen molar-refractivity contribution < 1.29 is 14.1 Å².